The van der Waals surface area contributed by atoms with Crippen molar-refractivity contribution in [3.63, 3.8) is 0 Å². The van der Waals surface area contributed by atoms with Crippen LogP contribution in [-0.4, -0.2) is 68.2 Å². The summed E-state index contributed by atoms with van der Waals surface area (Å²) >= 11 is 0. The maximum absolute atomic E-state index is 12.5. The number of carbonyl (C=O) groups excluding carboxylic acids is 1. The van der Waals surface area contributed by atoms with E-state index >= 15 is 0 Å². The molecule has 7 heteroatoms. The number of amides is 1. The molecule has 2 aliphatic heterocycles. The number of carbonyl (C=O) groups is 1. The Morgan fingerprint density at radius 2 is 2.11 bits per heavy atom. The smallest absolute Gasteiger partial charge is 0.241 e. The lowest BCUT2D eigenvalue weighted by Crippen LogP contribution is -2.52. The van der Waals surface area contributed by atoms with Crippen LogP contribution < -0.4 is 0 Å². The molecule has 2 aliphatic rings. The van der Waals surface area contributed by atoms with Crippen molar-refractivity contribution >= 4 is 15.9 Å². The van der Waals surface area contributed by atoms with Crippen molar-refractivity contribution in [1.82, 2.24) is 9.21 Å². The van der Waals surface area contributed by atoms with Gasteiger partial charge in [-0.05, 0) is 19.3 Å². The van der Waals surface area contributed by atoms with Gasteiger partial charge in [0, 0.05) is 19.6 Å². The van der Waals surface area contributed by atoms with E-state index in [4.69, 9.17) is 4.74 Å². The molecule has 0 bridgehead atoms. The average molecular weight is 290 g/mol. The van der Waals surface area contributed by atoms with E-state index in [1.54, 1.807) is 4.90 Å². The summed E-state index contributed by atoms with van der Waals surface area (Å²) in [5.41, 5.74) is 0. The van der Waals surface area contributed by atoms with Gasteiger partial charge in [0.2, 0.25) is 15.9 Å². The molecule has 2 heterocycles. The van der Waals surface area contributed by atoms with Crippen LogP contribution in [0.2, 0.25) is 0 Å². The molecule has 0 radical (unpaired) electrons. The minimum atomic E-state index is -3.30. The number of hydrogen-bond acceptors (Lipinski definition) is 4. The Morgan fingerprint density at radius 1 is 1.37 bits per heavy atom. The van der Waals surface area contributed by atoms with Gasteiger partial charge in [0.05, 0.1) is 19.0 Å². The molecule has 0 aromatic rings. The molecule has 2 fully saturated rings. The number of morpholine rings is 1. The van der Waals surface area contributed by atoms with Crippen LogP contribution >= 0.6 is 0 Å². The summed E-state index contributed by atoms with van der Waals surface area (Å²) in [6.45, 7) is 4.15. The molecule has 0 aromatic carbocycles. The van der Waals surface area contributed by atoms with Gasteiger partial charge in [-0.25, -0.2) is 8.42 Å². The van der Waals surface area contributed by atoms with Crippen LogP contribution in [0, 0.1) is 0 Å². The fraction of sp³-hybridized carbons (Fsp3) is 0.917. The minimum Gasteiger partial charge on any atom is -0.375 e. The fourth-order valence-electron chi connectivity index (χ4n) is 2.76. The molecule has 2 saturated heterocycles. The Balaban J connectivity index is 2.06. The van der Waals surface area contributed by atoms with Gasteiger partial charge in [0.15, 0.2) is 0 Å². The summed E-state index contributed by atoms with van der Waals surface area (Å²) in [5.74, 6) is -0.0651. The van der Waals surface area contributed by atoms with Gasteiger partial charge in [0.1, 0.15) is 6.04 Å². The van der Waals surface area contributed by atoms with E-state index in [-0.39, 0.29) is 12.0 Å². The van der Waals surface area contributed by atoms with Gasteiger partial charge in [0.25, 0.3) is 0 Å². The quantitative estimate of drug-likeness (QED) is 0.736. The lowest BCUT2D eigenvalue weighted by molar-refractivity contribution is -0.142. The molecule has 0 spiro atoms. The third-order valence-corrected chi connectivity index (χ3v) is 5.11. The summed E-state index contributed by atoms with van der Waals surface area (Å²) in [7, 11) is -3.30. The molecule has 0 aliphatic carbocycles. The highest BCUT2D eigenvalue weighted by atomic mass is 32.2. The fourth-order valence-corrected chi connectivity index (χ4v) is 3.88. The van der Waals surface area contributed by atoms with Crippen molar-refractivity contribution in [2.45, 2.75) is 38.3 Å². The first-order chi connectivity index (χ1) is 8.93. The van der Waals surface area contributed by atoms with Crippen LogP contribution in [0.3, 0.4) is 0 Å². The Kier molecular flexibility index (Phi) is 4.47. The van der Waals surface area contributed by atoms with Crippen molar-refractivity contribution in [1.29, 1.82) is 0 Å². The highest BCUT2D eigenvalue weighted by Crippen LogP contribution is 2.23. The predicted octanol–water partition coefficient (Wildman–Crippen LogP) is 0.0478. The summed E-state index contributed by atoms with van der Waals surface area (Å²) in [4.78, 5) is 14.2. The summed E-state index contributed by atoms with van der Waals surface area (Å²) in [6.07, 6.45) is 3.49. The third kappa shape index (κ3) is 3.27. The minimum absolute atomic E-state index is 0.0651. The monoisotopic (exact) mass is 290 g/mol. The zero-order valence-corrected chi connectivity index (χ0v) is 12.4. The SMILES string of the molecule is CC[C@H]1CN(C(=O)[C@H]2CCCN2S(C)(=O)=O)CCO1. The molecule has 0 saturated carbocycles. The maximum Gasteiger partial charge on any atom is 0.241 e. The molecule has 2 rings (SSSR count). The summed E-state index contributed by atoms with van der Waals surface area (Å²) in [5, 5.41) is 0. The van der Waals surface area contributed by atoms with Gasteiger partial charge >= 0.3 is 0 Å². The standard InChI is InChI=1S/C12H22N2O4S/c1-3-10-9-13(7-8-18-10)12(15)11-5-4-6-14(11)19(2,16)17/h10-11H,3-9H2,1-2H3/t10-,11+/m0/s1. The second kappa shape index (κ2) is 5.76. The van der Waals surface area contributed by atoms with E-state index in [9.17, 15) is 13.2 Å². The average Bonchev–Trinajstić information content (AvgIpc) is 2.87. The van der Waals surface area contributed by atoms with Crippen molar-refractivity contribution in [2.75, 3.05) is 32.5 Å². The lowest BCUT2D eigenvalue weighted by Gasteiger charge is -2.35. The third-order valence-electron chi connectivity index (χ3n) is 3.82. The van der Waals surface area contributed by atoms with E-state index in [1.807, 2.05) is 6.92 Å². The highest BCUT2D eigenvalue weighted by Gasteiger charge is 2.39. The van der Waals surface area contributed by atoms with Gasteiger partial charge in [-0.1, -0.05) is 6.92 Å². The van der Waals surface area contributed by atoms with Crippen LogP contribution in [0.5, 0.6) is 0 Å². The van der Waals surface area contributed by atoms with Crippen LogP contribution in [0.4, 0.5) is 0 Å². The van der Waals surface area contributed by atoms with E-state index in [0.29, 0.717) is 32.7 Å². The number of ether oxygens (including phenoxy) is 1. The summed E-state index contributed by atoms with van der Waals surface area (Å²) < 4.78 is 30.2. The molecule has 1 amide bonds. The molecule has 0 unspecified atom stereocenters. The zero-order chi connectivity index (χ0) is 14.0. The van der Waals surface area contributed by atoms with E-state index in [1.165, 1.54) is 10.6 Å². The Labute approximate surface area is 114 Å². The zero-order valence-electron chi connectivity index (χ0n) is 11.5. The van der Waals surface area contributed by atoms with Gasteiger partial charge in [-0.3, -0.25) is 4.79 Å². The number of nitrogens with zero attached hydrogens (tertiary/aromatic N) is 2. The van der Waals surface area contributed by atoms with Crippen LogP contribution in [-0.2, 0) is 19.6 Å². The van der Waals surface area contributed by atoms with Gasteiger partial charge in [-0.2, -0.15) is 4.31 Å². The largest absolute Gasteiger partial charge is 0.375 e. The van der Waals surface area contributed by atoms with Crippen molar-refractivity contribution in [2.24, 2.45) is 0 Å². The van der Waals surface area contributed by atoms with Crippen molar-refractivity contribution < 1.29 is 17.9 Å². The highest BCUT2D eigenvalue weighted by molar-refractivity contribution is 7.88. The number of sulfonamides is 1. The van der Waals surface area contributed by atoms with E-state index < -0.39 is 16.1 Å². The molecule has 0 N–H and O–H groups in total. The molecule has 6 nitrogen and oxygen atoms in total. The molecular weight excluding hydrogens is 268 g/mol. The van der Waals surface area contributed by atoms with Crippen molar-refractivity contribution in [3.8, 4) is 0 Å². The van der Waals surface area contributed by atoms with E-state index in [2.05, 4.69) is 0 Å². The topological polar surface area (TPSA) is 66.9 Å². The van der Waals surface area contributed by atoms with Crippen LogP contribution in [0.1, 0.15) is 26.2 Å². The van der Waals surface area contributed by atoms with Crippen molar-refractivity contribution in [3.05, 3.63) is 0 Å². The molecular formula is C12H22N2O4S. The summed E-state index contributed by atoms with van der Waals surface area (Å²) in [6, 6.07) is -0.509. The normalized spacial score (nSPS) is 29.7. The first-order valence-corrected chi connectivity index (χ1v) is 8.65. The molecule has 19 heavy (non-hydrogen) atoms. The molecule has 2 atom stereocenters. The molecule has 0 aromatic heterocycles. The van der Waals surface area contributed by atoms with Gasteiger partial charge in [-0.15, -0.1) is 0 Å². The van der Waals surface area contributed by atoms with Crippen LogP contribution in [0.15, 0.2) is 0 Å². The Bertz CT molecular complexity index is 437. The van der Waals surface area contributed by atoms with Crippen LogP contribution in [0.25, 0.3) is 0 Å². The Hall–Kier alpha value is -0.660. The second-order valence-corrected chi connectivity index (χ2v) is 7.15. The lowest BCUT2D eigenvalue weighted by atomic mass is 10.1. The Morgan fingerprint density at radius 3 is 2.74 bits per heavy atom. The predicted molar refractivity (Wildman–Crippen MR) is 71.2 cm³/mol. The number of rotatable bonds is 3. The molecule has 110 valence electrons. The number of hydrogen-bond donors (Lipinski definition) is 0. The maximum atomic E-state index is 12.5. The first kappa shape index (κ1) is 14.7. The van der Waals surface area contributed by atoms with E-state index in [0.717, 1.165) is 12.8 Å². The second-order valence-electron chi connectivity index (χ2n) is 5.22. The first-order valence-electron chi connectivity index (χ1n) is 6.80. The van der Waals surface area contributed by atoms with Gasteiger partial charge < -0.3 is 9.64 Å².